The van der Waals surface area contributed by atoms with Crippen LogP contribution in [0.25, 0.3) is 0 Å². The van der Waals surface area contributed by atoms with Crippen molar-refractivity contribution < 1.29 is 0 Å². The van der Waals surface area contributed by atoms with Crippen molar-refractivity contribution in [3.63, 3.8) is 0 Å². The van der Waals surface area contributed by atoms with Crippen LogP contribution < -0.4 is 5.73 Å². The maximum atomic E-state index is 6.10. The van der Waals surface area contributed by atoms with Gasteiger partial charge in [0.2, 0.25) is 0 Å². The normalized spacial score (nSPS) is 29.8. The molecule has 0 saturated carbocycles. The van der Waals surface area contributed by atoms with Crippen molar-refractivity contribution in [1.82, 2.24) is 9.80 Å². The van der Waals surface area contributed by atoms with E-state index in [1.54, 1.807) is 0 Å². The molecule has 1 aliphatic heterocycles. The fraction of sp³-hybridized carbons (Fsp3) is 1.00. The minimum atomic E-state index is 0.244. The second-order valence-electron chi connectivity index (χ2n) is 5.95. The minimum Gasteiger partial charge on any atom is -0.329 e. The van der Waals surface area contributed by atoms with Gasteiger partial charge >= 0.3 is 0 Å². The highest BCUT2D eigenvalue weighted by molar-refractivity contribution is 4.98. The van der Waals surface area contributed by atoms with Crippen molar-refractivity contribution >= 4 is 0 Å². The molecule has 0 bridgehead atoms. The van der Waals surface area contributed by atoms with E-state index in [2.05, 4.69) is 44.7 Å². The Morgan fingerprint density at radius 3 is 2.29 bits per heavy atom. The highest BCUT2D eigenvalue weighted by atomic mass is 15.3. The van der Waals surface area contributed by atoms with E-state index in [1.807, 2.05) is 0 Å². The lowest BCUT2D eigenvalue weighted by molar-refractivity contribution is 0.0978. The van der Waals surface area contributed by atoms with Gasteiger partial charge < -0.3 is 10.6 Å². The van der Waals surface area contributed by atoms with Gasteiger partial charge in [0.05, 0.1) is 0 Å². The zero-order valence-electron chi connectivity index (χ0n) is 12.4. The number of nitrogens with zero attached hydrogens (tertiary/aromatic N) is 2. The molecule has 2 N–H and O–H groups in total. The van der Waals surface area contributed by atoms with Gasteiger partial charge in [-0.25, -0.2) is 0 Å². The molecular formula is C14H31N3. The Hall–Kier alpha value is -0.120. The molecule has 0 radical (unpaired) electrons. The summed E-state index contributed by atoms with van der Waals surface area (Å²) < 4.78 is 0. The van der Waals surface area contributed by atoms with Crippen LogP contribution in [0, 0.1) is 5.92 Å². The van der Waals surface area contributed by atoms with E-state index in [9.17, 15) is 0 Å². The van der Waals surface area contributed by atoms with Crippen molar-refractivity contribution in [2.75, 3.05) is 33.7 Å². The molecule has 3 unspecified atom stereocenters. The lowest BCUT2D eigenvalue weighted by atomic mass is 9.89. The number of likely N-dealkylation sites (N-methyl/N-ethyl adjacent to an activating group) is 1. The van der Waals surface area contributed by atoms with Gasteiger partial charge in [-0.05, 0) is 32.9 Å². The smallest absolute Gasteiger partial charge is 0.0329 e. The molecule has 102 valence electrons. The summed E-state index contributed by atoms with van der Waals surface area (Å²) in [4.78, 5) is 5.03. The molecule has 1 heterocycles. The van der Waals surface area contributed by atoms with E-state index in [0.717, 1.165) is 12.5 Å². The average molecular weight is 241 g/mol. The monoisotopic (exact) mass is 241 g/mol. The van der Waals surface area contributed by atoms with E-state index in [-0.39, 0.29) is 5.54 Å². The lowest BCUT2D eigenvalue weighted by Gasteiger charge is -2.41. The topological polar surface area (TPSA) is 32.5 Å². The van der Waals surface area contributed by atoms with Crippen LogP contribution in [0.3, 0.4) is 0 Å². The molecular weight excluding hydrogens is 210 g/mol. The summed E-state index contributed by atoms with van der Waals surface area (Å²) in [6, 6.07) is 0.685. The number of hydrogen-bond donors (Lipinski definition) is 1. The van der Waals surface area contributed by atoms with E-state index in [0.29, 0.717) is 6.04 Å². The Bertz CT molecular complexity index is 224. The molecule has 3 nitrogen and oxygen atoms in total. The molecule has 0 spiro atoms. The predicted molar refractivity (Wildman–Crippen MR) is 75.2 cm³/mol. The fourth-order valence-electron chi connectivity index (χ4n) is 3.41. The van der Waals surface area contributed by atoms with Gasteiger partial charge in [0, 0.05) is 31.2 Å². The summed E-state index contributed by atoms with van der Waals surface area (Å²) in [5.74, 6) is 0.749. The zero-order chi connectivity index (χ0) is 13.1. The number of hydrogen-bond acceptors (Lipinski definition) is 3. The third-order valence-corrected chi connectivity index (χ3v) is 4.66. The Balaban J connectivity index is 2.78. The third kappa shape index (κ3) is 3.01. The number of nitrogens with two attached hydrogens (primary N) is 1. The Morgan fingerprint density at radius 1 is 1.29 bits per heavy atom. The summed E-state index contributed by atoms with van der Waals surface area (Å²) >= 11 is 0. The van der Waals surface area contributed by atoms with Gasteiger partial charge in [-0.1, -0.05) is 27.2 Å². The van der Waals surface area contributed by atoms with Crippen LogP contribution >= 0.6 is 0 Å². The molecule has 1 saturated heterocycles. The first-order valence-electron chi connectivity index (χ1n) is 7.12. The van der Waals surface area contributed by atoms with E-state index < -0.39 is 0 Å². The second-order valence-corrected chi connectivity index (χ2v) is 5.95. The summed E-state index contributed by atoms with van der Waals surface area (Å²) in [7, 11) is 4.39. The van der Waals surface area contributed by atoms with E-state index >= 15 is 0 Å². The zero-order valence-corrected chi connectivity index (χ0v) is 12.4. The van der Waals surface area contributed by atoms with Crippen LogP contribution in [0.1, 0.15) is 40.0 Å². The molecule has 1 rings (SSSR count). The second kappa shape index (κ2) is 6.17. The summed E-state index contributed by atoms with van der Waals surface area (Å²) in [6.45, 7) is 10.1. The van der Waals surface area contributed by atoms with E-state index in [4.69, 9.17) is 5.73 Å². The first kappa shape index (κ1) is 14.9. The Kier molecular flexibility index (Phi) is 5.42. The molecule has 0 aromatic carbocycles. The van der Waals surface area contributed by atoms with E-state index in [1.165, 1.54) is 32.4 Å². The quantitative estimate of drug-likeness (QED) is 0.769. The van der Waals surface area contributed by atoms with Crippen molar-refractivity contribution in [3.8, 4) is 0 Å². The molecule has 0 amide bonds. The summed E-state index contributed by atoms with van der Waals surface area (Å²) in [6.07, 6.45) is 3.62. The number of rotatable bonds is 6. The van der Waals surface area contributed by atoms with Gasteiger partial charge in [0.25, 0.3) is 0 Å². The van der Waals surface area contributed by atoms with Gasteiger partial charge in [0.15, 0.2) is 0 Å². The lowest BCUT2D eigenvalue weighted by Crippen LogP contribution is -2.53. The van der Waals surface area contributed by atoms with Crippen LogP contribution in [-0.2, 0) is 0 Å². The molecule has 3 atom stereocenters. The maximum absolute atomic E-state index is 6.10. The molecule has 1 fully saturated rings. The van der Waals surface area contributed by atoms with Crippen LogP contribution in [0.4, 0.5) is 0 Å². The van der Waals surface area contributed by atoms with Crippen molar-refractivity contribution in [1.29, 1.82) is 0 Å². The minimum absolute atomic E-state index is 0.244. The van der Waals surface area contributed by atoms with Gasteiger partial charge in [-0.15, -0.1) is 0 Å². The first-order valence-corrected chi connectivity index (χ1v) is 7.12. The van der Waals surface area contributed by atoms with Crippen molar-refractivity contribution in [3.05, 3.63) is 0 Å². The summed E-state index contributed by atoms with van der Waals surface area (Å²) in [5.41, 5.74) is 6.34. The highest BCUT2D eigenvalue weighted by Gasteiger charge is 2.41. The first-order chi connectivity index (χ1) is 8.00. The maximum Gasteiger partial charge on any atom is 0.0329 e. The van der Waals surface area contributed by atoms with Crippen molar-refractivity contribution in [2.24, 2.45) is 11.7 Å². The SMILES string of the molecule is CCCC(CC)(CN)N1CC(C)C(N(C)C)C1. The third-order valence-electron chi connectivity index (χ3n) is 4.66. The van der Waals surface area contributed by atoms with Gasteiger partial charge in [-0.3, -0.25) is 4.90 Å². The van der Waals surface area contributed by atoms with Crippen LogP contribution in [0.5, 0.6) is 0 Å². The van der Waals surface area contributed by atoms with Crippen LogP contribution in [0.2, 0.25) is 0 Å². The number of likely N-dealkylation sites (tertiary alicyclic amines) is 1. The molecule has 3 heteroatoms. The average Bonchev–Trinajstić information content (AvgIpc) is 2.69. The predicted octanol–water partition coefficient (Wildman–Crippen LogP) is 1.78. The molecule has 0 aliphatic carbocycles. The Morgan fingerprint density at radius 2 is 1.94 bits per heavy atom. The van der Waals surface area contributed by atoms with Crippen LogP contribution in [0.15, 0.2) is 0 Å². The van der Waals surface area contributed by atoms with Crippen molar-refractivity contribution in [2.45, 2.75) is 51.6 Å². The van der Waals surface area contributed by atoms with Crippen LogP contribution in [-0.4, -0.2) is 55.1 Å². The Labute approximate surface area is 107 Å². The standard InChI is InChI=1S/C14H31N3/c1-6-8-14(7-2,11-15)17-9-12(3)13(10-17)16(4)5/h12-13H,6-11,15H2,1-5H3. The highest BCUT2D eigenvalue weighted by Crippen LogP contribution is 2.32. The van der Waals surface area contributed by atoms with Gasteiger partial charge in [-0.2, -0.15) is 0 Å². The molecule has 0 aromatic heterocycles. The fourth-order valence-corrected chi connectivity index (χ4v) is 3.41. The largest absolute Gasteiger partial charge is 0.329 e. The molecule has 17 heavy (non-hydrogen) atoms. The molecule has 1 aliphatic rings. The molecule has 0 aromatic rings. The summed E-state index contributed by atoms with van der Waals surface area (Å²) in [5, 5.41) is 0. The van der Waals surface area contributed by atoms with Gasteiger partial charge in [0.1, 0.15) is 0 Å².